The van der Waals surface area contributed by atoms with E-state index >= 15 is 0 Å². The second-order valence-corrected chi connectivity index (χ2v) is 5.74. The molecule has 0 N–H and O–H groups in total. The van der Waals surface area contributed by atoms with Crippen molar-refractivity contribution in [2.24, 2.45) is 0 Å². The molecule has 0 aromatic carbocycles. The monoisotopic (exact) mass is 282 g/mol. The van der Waals surface area contributed by atoms with Crippen molar-refractivity contribution in [2.45, 2.75) is 13.3 Å². The maximum atomic E-state index is 5.68. The van der Waals surface area contributed by atoms with Crippen LogP contribution in [0, 0.1) is 6.92 Å². The lowest BCUT2D eigenvalue weighted by atomic mass is 10.2. The van der Waals surface area contributed by atoms with Crippen molar-refractivity contribution in [3.05, 3.63) is 47.1 Å². The van der Waals surface area contributed by atoms with Crippen molar-refractivity contribution in [1.82, 2.24) is 19.9 Å². The van der Waals surface area contributed by atoms with Crippen molar-refractivity contribution in [1.29, 1.82) is 0 Å². The standard InChI is InChI=1S/C14H10N4OS/c1-8-17-14-11(20-8)5-9(7-16-14)6-12-18-13-10(19-12)3-2-4-15-13/h2-5,7H,6H2,1H3. The van der Waals surface area contributed by atoms with Crippen LogP contribution in [0.15, 0.2) is 35.0 Å². The molecule has 4 aromatic rings. The molecule has 0 aliphatic carbocycles. The van der Waals surface area contributed by atoms with Gasteiger partial charge >= 0.3 is 0 Å². The number of oxazole rings is 1. The van der Waals surface area contributed by atoms with E-state index in [1.165, 1.54) is 0 Å². The number of nitrogens with zero attached hydrogens (tertiary/aromatic N) is 4. The molecule has 0 saturated heterocycles. The van der Waals surface area contributed by atoms with Crippen LogP contribution in [0.4, 0.5) is 0 Å². The fraction of sp³-hybridized carbons (Fsp3) is 0.143. The highest BCUT2D eigenvalue weighted by Crippen LogP contribution is 2.22. The molecule has 0 bridgehead atoms. The molecule has 4 aromatic heterocycles. The molecule has 4 heterocycles. The van der Waals surface area contributed by atoms with E-state index in [0.29, 0.717) is 23.5 Å². The van der Waals surface area contributed by atoms with Crippen LogP contribution >= 0.6 is 11.3 Å². The van der Waals surface area contributed by atoms with Gasteiger partial charge in [0.25, 0.3) is 0 Å². The molecule has 0 spiro atoms. The molecule has 0 aliphatic rings. The van der Waals surface area contributed by atoms with E-state index in [1.807, 2.05) is 25.3 Å². The first-order valence-corrected chi connectivity index (χ1v) is 7.02. The number of hydrogen-bond donors (Lipinski definition) is 0. The molecule has 0 aliphatic heterocycles. The minimum Gasteiger partial charge on any atom is -0.439 e. The maximum absolute atomic E-state index is 5.68. The van der Waals surface area contributed by atoms with E-state index in [2.05, 4.69) is 26.0 Å². The second kappa shape index (κ2) is 4.35. The molecule has 6 heteroatoms. The Morgan fingerprint density at radius 3 is 3.05 bits per heavy atom. The minimum atomic E-state index is 0.607. The van der Waals surface area contributed by atoms with Crippen LogP contribution in [-0.4, -0.2) is 19.9 Å². The third-order valence-electron chi connectivity index (χ3n) is 2.98. The summed E-state index contributed by atoms with van der Waals surface area (Å²) >= 11 is 1.64. The van der Waals surface area contributed by atoms with Crippen molar-refractivity contribution in [2.75, 3.05) is 0 Å². The summed E-state index contributed by atoms with van der Waals surface area (Å²) in [5.74, 6) is 0.654. The Morgan fingerprint density at radius 2 is 2.15 bits per heavy atom. The summed E-state index contributed by atoms with van der Waals surface area (Å²) in [4.78, 5) is 17.3. The summed E-state index contributed by atoms with van der Waals surface area (Å²) in [7, 11) is 0. The third kappa shape index (κ3) is 1.94. The fourth-order valence-electron chi connectivity index (χ4n) is 2.13. The Kier molecular flexibility index (Phi) is 2.50. The molecule has 0 amide bonds. The lowest BCUT2D eigenvalue weighted by Crippen LogP contribution is -1.89. The van der Waals surface area contributed by atoms with Gasteiger partial charge in [0, 0.05) is 12.4 Å². The number of pyridine rings is 2. The molecule has 0 saturated carbocycles. The van der Waals surface area contributed by atoms with Gasteiger partial charge in [-0.15, -0.1) is 11.3 Å². The summed E-state index contributed by atoms with van der Waals surface area (Å²) in [5.41, 5.74) is 3.22. The summed E-state index contributed by atoms with van der Waals surface area (Å²) < 4.78 is 6.77. The van der Waals surface area contributed by atoms with E-state index in [4.69, 9.17) is 4.42 Å². The van der Waals surface area contributed by atoms with Crippen LogP contribution in [0.3, 0.4) is 0 Å². The van der Waals surface area contributed by atoms with Crippen LogP contribution in [0.5, 0.6) is 0 Å². The van der Waals surface area contributed by atoms with Gasteiger partial charge in [-0.3, -0.25) is 0 Å². The molecular weight excluding hydrogens is 272 g/mol. The van der Waals surface area contributed by atoms with Gasteiger partial charge < -0.3 is 4.42 Å². The lowest BCUT2D eigenvalue weighted by molar-refractivity contribution is 0.544. The molecular formula is C14H10N4OS. The van der Waals surface area contributed by atoms with Crippen LogP contribution in [0.1, 0.15) is 16.5 Å². The topological polar surface area (TPSA) is 64.7 Å². The predicted octanol–water partition coefficient (Wildman–Crippen LogP) is 3.13. The third-order valence-corrected chi connectivity index (χ3v) is 3.88. The fourth-order valence-corrected chi connectivity index (χ4v) is 2.98. The van der Waals surface area contributed by atoms with Gasteiger partial charge in [0.15, 0.2) is 16.9 Å². The quantitative estimate of drug-likeness (QED) is 0.565. The summed E-state index contributed by atoms with van der Waals surface area (Å²) in [6, 6.07) is 5.80. The highest BCUT2D eigenvalue weighted by molar-refractivity contribution is 7.18. The zero-order valence-corrected chi connectivity index (χ0v) is 11.5. The minimum absolute atomic E-state index is 0.607. The first-order valence-electron chi connectivity index (χ1n) is 6.20. The average molecular weight is 282 g/mol. The summed E-state index contributed by atoms with van der Waals surface area (Å²) in [6.45, 7) is 1.98. The largest absolute Gasteiger partial charge is 0.439 e. The molecule has 98 valence electrons. The summed E-state index contributed by atoms with van der Waals surface area (Å²) in [6.07, 6.45) is 4.14. The van der Waals surface area contributed by atoms with Crippen molar-refractivity contribution >= 4 is 32.9 Å². The highest BCUT2D eigenvalue weighted by Gasteiger charge is 2.09. The first kappa shape index (κ1) is 11.5. The second-order valence-electron chi connectivity index (χ2n) is 4.51. The molecule has 5 nitrogen and oxygen atoms in total. The van der Waals surface area contributed by atoms with Gasteiger partial charge in [0.1, 0.15) is 0 Å². The van der Waals surface area contributed by atoms with E-state index in [0.717, 1.165) is 20.9 Å². The molecule has 0 atom stereocenters. The Bertz CT molecular complexity index is 879. The smallest absolute Gasteiger partial charge is 0.201 e. The molecule has 20 heavy (non-hydrogen) atoms. The Labute approximate surface area is 118 Å². The lowest BCUT2D eigenvalue weighted by Gasteiger charge is -1.96. The van der Waals surface area contributed by atoms with Crippen LogP contribution in [-0.2, 0) is 6.42 Å². The van der Waals surface area contributed by atoms with Gasteiger partial charge in [-0.05, 0) is 30.7 Å². The number of aromatic nitrogens is 4. The van der Waals surface area contributed by atoms with Crippen molar-refractivity contribution in [3.8, 4) is 0 Å². The zero-order valence-electron chi connectivity index (χ0n) is 10.7. The maximum Gasteiger partial charge on any atom is 0.201 e. The van der Waals surface area contributed by atoms with Gasteiger partial charge in [-0.1, -0.05) is 0 Å². The van der Waals surface area contributed by atoms with Crippen LogP contribution < -0.4 is 0 Å². The Morgan fingerprint density at radius 1 is 1.20 bits per heavy atom. The normalized spacial score (nSPS) is 11.4. The molecule has 4 rings (SSSR count). The number of hydrogen-bond acceptors (Lipinski definition) is 6. The van der Waals surface area contributed by atoms with Gasteiger partial charge in [-0.25, -0.2) is 15.0 Å². The average Bonchev–Trinajstić information content (AvgIpc) is 2.99. The number of aryl methyl sites for hydroxylation is 1. The number of fused-ring (bicyclic) bond motifs is 2. The van der Waals surface area contributed by atoms with Crippen molar-refractivity contribution in [3.63, 3.8) is 0 Å². The number of thiazole rings is 1. The predicted molar refractivity (Wildman–Crippen MR) is 76.8 cm³/mol. The molecule has 0 unspecified atom stereocenters. The first-order chi connectivity index (χ1) is 9.78. The Hall–Kier alpha value is -2.34. The summed E-state index contributed by atoms with van der Waals surface area (Å²) in [5, 5.41) is 1.02. The Balaban J connectivity index is 1.72. The van der Waals surface area contributed by atoms with Gasteiger partial charge in [0.05, 0.1) is 16.1 Å². The molecule has 0 radical (unpaired) electrons. The van der Waals surface area contributed by atoms with E-state index in [-0.39, 0.29) is 0 Å². The SMILES string of the molecule is Cc1nc2ncc(Cc3nc4ncccc4o3)cc2s1. The van der Waals surface area contributed by atoms with Crippen LogP contribution in [0.25, 0.3) is 21.6 Å². The van der Waals surface area contributed by atoms with E-state index in [9.17, 15) is 0 Å². The van der Waals surface area contributed by atoms with E-state index < -0.39 is 0 Å². The highest BCUT2D eigenvalue weighted by atomic mass is 32.1. The van der Waals surface area contributed by atoms with Gasteiger partial charge in [-0.2, -0.15) is 4.98 Å². The zero-order chi connectivity index (χ0) is 13.5. The van der Waals surface area contributed by atoms with Gasteiger partial charge in [0.2, 0.25) is 5.89 Å². The van der Waals surface area contributed by atoms with E-state index in [1.54, 1.807) is 17.5 Å². The van der Waals surface area contributed by atoms with Crippen molar-refractivity contribution < 1.29 is 4.42 Å². The molecule has 0 fully saturated rings. The number of rotatable bonds is 2. The van der Waals surface area contributed by atoms with Crippen LogP contribution in [0.2, 0.25) is 0 Å².